The fourth-order valence-corrected chi connectivity index (χ4v) is 2.25. The molecule has 19 heavy (non-hydrogen) atoms. The zero-order valence-electron chi connectivity index (χ0n) is 11.6. The van der Waals surface area contributed by atoms with E-state index < -0.39 is 0 Å². The van der Waals surface area contributed by atoms with Crippen LogP contribution >= 0.6 is 15.9 Å². The highest BCUT2D eigenvalue weighted by atomic mass is 79.9. The molecule has 0 N–H and O–H groups in total. The summed E-state index contributed by atoms with van der Waals surface area (Å²) < 4.78 is 5.26. The monoisotopic (exact) mass is 322 g/mol. The summed E-state index contributed by atoms with van der Waals surface area (Å²) in [6, 6.07) is 8.11. The van der Waals surface area contributed by atoms with Crippen molar-refractivity contribution in [2.24, 2.45) is 0 Å². The van der Waals surface area contributed by atoms with E-state index in [4.69, 9.17) is 4.74 Å². The topological polar surface area (TPSA) is 25.4 Å². The first kappa shape index (κ1) is 14.1. The molecule has 0 saturated carbocycles. The highest BCUT2D eigenvalue weighted by Gasteiger charge is 2.09. The van der Waals surface area contributed by atoms with E-state index in [2.05, 4.69) is 45.9 Å². The van der Waals surface area contributed by atoms with Crippen molar-refractivity contribution in [1.29, 1.82) is 0 Å². The summed E-state index contributed by atoms with van der Waals surface area (Å²) in [5, 5.41) is 2.32. The molecule has 0 amide bonds. The molecule has 1 aromatic carbocycles. The molecular formula is C15H19BrN2O. The molecule has 0 fully saturated rings. The van der Waals surface area contributed by atoms with E-state index in [1.54, 1.807) is 7.11 Å². The lowest BCUT2D eigenvalue weighted by Crippen LogP contribution is -2.21. The Morgan fingerprint density at radius 2 is 2.16 bits per heavy atom. The summed E-state index contributed by atoms with van der Waals surface area (Å²) in [4.78, 5) is 7.23. The molecule has 0 spiro atoms. The Kier molecular flexibility index (Phi) is 4.64. The Bertz CT molecular complexity index is 557. The van der Waals surface area contributed by atoms with E-state index in [1.165, 1.54) is 0 Å². The number of nitrogens with zero attached hydrogens (tertiary/aromatic N) is 2. The van der Waals surface area contributed by atoms with Gasteiger partial charge in [0.15, 0.2) is 0 Å². The predicted molar refractivity (Wildman–Crippen MR) is 84.6 cm³/mol. The van der Waals surface area contributed by atoms with Crippen LogP contribution in [-0.4, -0.2) is 30.5 Å². The number of fused-ring (bicyclic) bond motifs is 1. The van der Waals surface area contributed by atoms with Gasteiger partial charge in [0.2, 0.25) is 0 Å². The Labute approximate surface area is 122 Å². The maximum atomic E-state index is 5.26. The summed E-state index contributed by atoms with van der Waals surface area (Å²) in [5.74, 6) is 1.90. The number of halogens is 1. The summed E-state index contributed by atoms with van der Waals surface area (Å²) in [6.07, 6.45) is 2.94. The minimum absolute atomic E-state index is 0.519. The summed E-state index contributed by atoms with van der Waals surface area (Å²) >= 11 is 3.58. The first-order valence-corrected chi connectivity index (χ1v) is 7.31. The maximum absolute atomic E-state index is 5.26. The number of pyridine rings is 1. The molecule has 0 radical (unpaired) electrons. The number of rotatable bonds is 5. The number of anilines is 1. The Hall–Kier alpha value is -1.29. The van der Waals surface area contributed by atoms with Gasteiger partial charge in [-0.3, -0.25) is 0 Å². The molecule has 0 aliphatic carbocycles. The largest absolute Gasteiger partial charge is 0.497 e. The molecule has 0 aliphatic rings. The van der Waals surface area contributed by atoms with Gasteiger partial charge < -0.3 is 9.64 Å². The number of ether oxygens (including phenoxy) is 1. The Balaban J connectivity index is 2.32. The van der Waals surface area contributed by atoms with Crippen LogP contribution in [0.3, 0.4) is 0 Å². The SMILES string of the molecule is COc1ccc2c(N(C)CCC(C)Br)nccc2c1. The molecule has 2 rings (SSSR count). The van der Waals surface area contributed by atoms with Crippen LogP contribution in [0.25, 0.3) is 10.8 Å². The molecule has 2 aromatic rings. The highest BCUT2D eigenvalue weighted by Crippen LogP contribution is 2.27. The first-order chi connectivity index (χ1) is 9.11. The van der Waals surface area contributed by atoms with Gasteiger partial charge in [0.05, 0.1) is 7.11 Å². The van der Waals surface area contributed by atoms with Crippen molar-refractivity contribution in [2.45, 2.75) is 18.2 Å². The third kappa shape index (κ3) is 3.38. The number of methoxy groups -OCH3 is 1. The molecule has 1 aromatic heterocycles. The van der Waals surface area contributed by atoms with Crippen LogP contribution in [-0.2, 0) is 0 Å². The second kappa shape index (κ2) is 6.24. The normalized spacial score (nSPS) is 12.4. The van der Waals surface area contributed by atoms with Crippen molar-refractivity contribution in [2.75, 3.05) is 25.6 Å². The number of aromatic nitrogens is 1. The third-order valence-corrected chi connectivity index (χ3v) is 3.63. The molecule has 1 unspecified atom stereocenters. The van der Waals surface area contributed by atoms with E-state index >= 15 is 0 Å². The molecule has 1 heterocycles. The van der Waals surface area contributed by atoms with Crippen LogP contribution in [0.5, 0.6) is 5.75 Å². The van der Waals surface area contributed by atoms with Gasteiger partial charge >= 0.3 is 0 Å². The zero-order valence-corrected chi connectivity index (χ0v) is 13.1. The van der Waals surface area contributed by atoms with Crippen LogP contribution in [0.1, 0.15) is 13.3 Å². The lowest BCUT2D eigenvalue weighted by atomic mass is 10.1. The smallest absolute Gasteiger partial charge is 0.136 e. The molecule has 0 bridgehead atoms. The van der Waals surface area contributed by atoms with Crippen molar-refractivity contribution >= 4 is 32.5 Å². The summed E-state index contributed by atoms with van der Waals surface area (Å²) in [7, 11) is 3.77. The molecule has 1 atom stereocenters. The van der Waals surface area contributed by atoms with Gasteiger partial charge in [-0.25, -0.2) is 4.98 Å². The second-order valence-corrected chi connectivity index (χ2v) is 6.28. The molecule has 102 valence electrons. The number of hydrogen-bond acceptors (Lipinski definition) is 3. The Morgan fingerprint density at radius 1 is 1.37 bits per heavy atom. The molecular weight excluding hydrogens is 304 g/mol. The van der Waals surface area contributed by atoms with Crippen molar-refractivity contribution in [3.8, 4) is 5.75 Å². The first-order valence-electron chi connectivity index (χ1n) is 6.40. The highest BCUT2D eigenvalue weighted by molar-refractivity contribution is 9.09. The van der Waals surface area contributed by atoms with E-state index in [0.29, 0.717) is 4.83 Å². The lowest BCUT2D eigenvalue weighted by Gasteiger charge is -2.20. The van der Waals surface area contributed by atoms with Crippen LogP contribution < -0.4 is 9.64 Å². The van der Waals surface area contributed by atoms with E-state index in [-0.39, 0.29) is 0 Å². The van der Waals surface area contributed by atoms with E-state index in [1.807, 2.05) is 24.4 Å². The fraction of sp³-hybridized carbons (Fsp3) is 0.400. The standard InChI is InChI=1S/C15H19BrN2O/c1-11(16)7-9-18(2)15-14-5-4-13(19-3)10-12(14)6-8-17-15/h4-6,8,10-11H,7,9H2,1-3H3. The fourth-order valence-electron chi connectivity index (χ4n) is 2.05. The van der Waals surface area contributed by atoms with Crippen LogP contribution in [0.2, 0.25) is 0 Å². The second-order valence-electron chi connectivity index (χ2n) is 4.71. The summed E-state index contributed by atoms with van der Waals surface area (Å²) in [6.45, 7) is 3.14. The van der Waals surface area contributed by atoms with Crippen LogP contribution in [0.15, 0.2) is 30.5 Å². The van der Waals surface area contributed by atoms with Gasteiger partial charge in [0.1, 0.15) is 11.6 Å². The van der Waals surface area contributed by atoms with Gasteiger partial charge in [0.25, 0.3) is 0 Å². The van der Waals surface area contributed by atoms with Crippen molar-refractivity contribution in [1.82, 2.24) is 4.98 Å². The molecule has 3 nitrogen and oxygen atoms in total. The average molecular weight is 323 g/mol. The molecule has 0 aliphatic heterocycles. The van der Waals surface area contributed by atoms with Gasteiger partial charge in [-0.2, -0.15) is 0 Å². The minimum Gasteiger partial charge on any atom is -0.497 e. The molecule has 4 heteroatoms. The van der Waals surface area contributed by atoms with Crippen molar-refractivity contribution < 1.29 is 4.74 Å². The number of benzene rings is 1. The van der Waals surface area contributed by atoms with Gasteiger partial charge in [0, 0.05) is 30.0 Å². The van der Waals surface area contributed by atoms with Crippen molar-refractivity contribution in [3.05, 3.63) is 30.5 Å². The Morgan fingerprint density at radius 3 is 2.84 bits per heavy atom. The van der Waals surface area contributed by atoms with Crippen LogP contribution in [0, 0.1) is 0 Å². The number of alkyl halides is 1. The van der Waals surface area contributed by atoms with Gasteiger partial charge in [-0.1, -0.05) is 22.9 Å². The zero-order chi connectivity index (χ0) is 13.8. The summed E-state index contributed by atoms with van der Waals surface area (Å²) in [5.41, 5.74) is 0. The van der Waals surface area contributed by atoms with E-state index in [9.17, 15) is 0 Å². The minimum atomic E-state index is 0.519. The van der Waals surface area contributed by atoms with Gasteiger partial charge in [-0.05, 0) is 36.1 Å². The van der Waals surface area contributed by atoms with Gasteiger partial charge in [-0.15, -0.1) is 0 Å². The average Bonchev–Trinajstić information content (AvgIpc) is 2.43. The predicted octanol–water partition coefficient (Wildman–Crippen LogP) is 3.85. The molecule has 0 saturated heterocycles. The van der Waals surface area contributed by atoms with Crippen molar-refractivity contribution in [3.63, 3.8) is 0 Å². The number of hydrogen-bond donors (Lipinski definition) is 0. The van der Waals surface area contributed by atoms with Crippen LogP contribution in [0.4, 0.5) is 5.82 Å². The lowest BCUT2D eigenvalue weighted by molar-refractivity contribution is 0.415. The van der Waals surface area contributed by atoms with E-state index in [0.717, 1.165) is 35.3 Å². The third-order valence-electron chi connectivity index (χ3n) is 3.17. The quantitative estimate of drug-likeness (QED) is 0.782. The maximum Gasteiger partial charge on any atom is 0.136 e.